The van der Waals surface area contributed by atoms with E-state index in [4.69, 9.17) is 4.43 Å². The lowest BCUT2D eigenvalue weighted by Crippen LogP contribution is -2.46. The van der Waals surface area contributed by atoms with Crippen LogP contribution >= 0.6 is 0 Å². The van der Waals surface area contributed by atoms with E-state index >= 15 is 0 Å². The van der Waals surface area contributed by atoms with E-state index in [9.17, 15) is 0 Å². The highest BCUT2D eigenvalue weighted by molar-refractivity contribution is 6.74. The second-order valence-corrected chi connectivity index (χ2v) is 15.9. The van der Waals surface area contributed by atoms with E-state index in [0.717, 1.165) is 17.8 Å². The zero-order valence-corrected chi connectivity index (χ0v) is 17.3. The molecule has 128 valence electrons. The molecule has 3 rings (SSSR count). The molecule has 1 nitrogen and oxygen atoms in total. The van der Waals surface area contributed by atoms with Crippen molar-refractivity contribution in [1.29, 1.82) is 0 Å². The van der Waals surface area contributed by atoms with Crippen LogP contribution in [0.4, 0.5) is 0 Å². The predicted octanol–water partition coefficient (Wildman–Crippen LogP) is 6.25. The molecule has 22 heavy (non-hydrogen) atoms. The lowest BCUT2D eigenvalue weighted by molar-refractivity contribution is 0.0455. The Bertz CT molecular complexity index is 447. The smallest absolute Gasteiger partial charge is 0.192 e. The average Bonchev–Trinajstić information content (AvgIpc) is 2.89. The first-order chi connectivity index (χ1) is 9.87. The van der Waals surface area contributed by atoms with Crippen LogP contribution in [0.1, 0.15) is 73.6 Å². The Kier molecular flexibility index (Phi) is 3.75. The van der Waals surface area contributed by atoms with E-state index < -0.39 is 8.32 Å². The van der Waals surface area contributed by atoms with E-state index in [2.05, 4.69) is 54.6 Å². The lowest BCUT2D eigenvalue weighted by Gasteiger charge is -2.43. The van der Waals surface area contributed by atoms with Gasteiger partial charge in [0.05, 0.1) is 0 Å². The fourth-order valence-corrected chi connectivity index (χ4v) is 7.55. The van der Waals surface area contributed by atoms with Crippen molar-refractivity contribution in [3.05, 3.63) is 0 Å². The van der Waals surface area contributed by atoms with Crippen LogP contribution < -0.4 is 0 Å². The van der Waals surface area contributed by atoms with Crippen LogP contribution in [0.3, 0.4) is 0 Å². The number of hydrogen-bond donors (Lipinski definition) is 0. The molecule has 0 aromatic carbocycles. The van der Waals surface area contributed by atoms with Crippen LogP contribution in [0.15, 0.2) is 0 Å². The summed E-state index contributed by atoms with van der Waals surface area (Å²) in [6, 6.07) is 0. The van der Waals surface area contributed by atoms with Gasteiger partial charge in [0.1, 0.15) is 0 Å². The van der Waals surface area contributed by atoms with Crippen LogP contribution in [0.5, 0.6) is 0 Å². The van der Waals surface area contributed by atoms with Gasteiger partial charge in [-0.15, -0.1) is 0 Å². The molecule has 0 aromatic rings. The molecule has 0 spiro atoms. The van der Waals surface area contributed by atoms with Crippen LogP contribution in [-0.2, 0) is 4.43 Å². The summed E-state index contributed by atoms with van der Waals surface area (Å²) >= 11 is 0. The summed E-state index contributed by atoms with van der Waals surface area (Å²) in [4.78, 5) is 0. The molecule has 3 fully saturated rings. The van der Waals surface area contributed by atoms with Gasteiger partial charge >= 0.3 is 0 Å². The van der Waals surface area contributed by atoms with Gasteiger partial charge in [-0.05, 0) is 78.8 Å². The summed E-state index contributed by atoms with van der Waals surface area (Å²) in [7, 11) is -1.64. The van der Waals surface area contributed by atoms with Crippen molar-refractivity contribution in [3.8, 4) is 0 Å². The van der Waals surface area contributed by atoms with Gasteiger partial charge in [-0.2, -0.15) is 0 Å². The molecule has 3 aliphatic carbocycles. The molecular weight excluding hydrogens is 284 g/mol. The number of rotatable bonds is 2. The predicted molar refractivity (Wildman–Crippen MR) is 97.5 cm³/mol. The van der Waals surface area contributed by atoms with Crippen molar-refractivity contribution < 1.29 is 4.43 Å². The van der Waals surface area contributed by atoms with Gasteiger partial charge in [-0.3, -0.25) is 0 Å². The van der Waals surface area contributed by atoms with Gasteiger partial charge in [-0.25, -0.2) is 0 Å². The van der Waals surface area contributed by atoms with Crippen LogP contribution in [0.2, 0.25) is 18.1 Å². The third-order valence-corrected chi connectivity index (χ3v) is 12.6. The quantitative estimate of drug-likeness (QED) is 0.546. The minimum absolute atomic E-state index is 0.332. The van der Waals surface area contributed by atoms with Crippen molar-refractivity contribution >= 4 is 8.32 Å². The molecule has 0 aliphatic heterocycles. The molecule has 0 heterocycles. The highest BCUT2D eigenvalue weighted by atomic mass is 28.4. The zero-order chi connectivity index (χ0) is 16.6. The van der Waals surface area contributed by atoms with Crippen molar-refractivity contribution in [1.82, 2.24) is 0 Å². The SMILES string of the molecule is CC1(C)CC[C@]2(C)C[C@H]3CC[C@H](O[Si](C)(C)C(C)(C)C)[C@H]3[C@H]12. The summed E-state index contributed by atoms with van der Waals surface area (Å²) < 4.78 is 6.96. The zero-order valence-electron chi connectivity index (χ0n) is 16.3. The molecule has 0 bridgehead atoms. The van der Waals surface area contributed by atoms with Gasteiger partial charge in [0, 0.05) is 6.10 Å². The first-order valence-corrected chi connectivity index (χ1v) is 12.5. The normalized spacial score (nSPS) is 44.2. The Labute approximate surface area is 139 Å². The monoisotopic (exact) mass is 322 g/mol. The Balaban J connectivity index is 1.85. The molecule has 2 heteroatoms. The second kappa shape index (κ2) is 4.85. The Morgan fingerprint density at radius 3 is 2.23 bits per heavy atom. The highest BCUT2D eigenvalue weighted by Gasteiger charge is 2.63. The molecular formula is C20H38OSi. The van der Waals surface area contributed by atoms with E-state index in [1.807, 2.05) is 0 Å². The fraction of sp³-hybridized carbons (Fsp3) is 1.00. The first-order valence-electron chi connectivity index (χ1n) is 9.55. The third kappa shape index (κ3) is 2.44. The summed E-state index contributed by atoms with van der Waals surface area (Å²) in [5, 5.41) is 0.332. The first kappa shape index (κ1) is 17.0. The molecule has 3 saturated carbocycles. The largest absolute Gasteiger partial charge is 0.414 e. The van der Waals surface area contributed by atoms with Gasteiger partial charge in [0.2, 0.25) is 0 Å². The van der Waals surface area contributed by atoms with Crippen LogP contribution in [0.25, 0.3) is 0 Å². The van der Waals surface area contributed by atoms with Crippen molar-refractivity contribution in [2.45, 2.75) is 97.9 Å². The molecule has 0 unspecified atom stereocenters. The Morgan fingerprint density at radius 2 is 1.64 bits per heavy atom. The number of hydrogen-bond acceptors (Lipinski definition) is 1. The highest BCUT2D eigenvalue weighted by Crippen LogP contribution is 2.69. The average molecular weight is 323 g/mol. The second-order valence-electron chi connectivity index (χ2n) is 11.2. The van der Waals surface area contributed by atoms with Crippen LogP contribution in [0, 0.1) is 28.6 Å². The summed E-state index contributed by atoms with van der Waals surface area (Å²) in [6.07, 6.45) is 7.64. The summed E-state index contributed by atoms with van der Waals surface area (Å²) in [5.74, 6) is 2.68. The molecule has 0 amide bonds. The molecule has 0 radical (unpaired) electrons. The van der Waals surface area contributed by atoms with Crippen LogP contribution in [-0.4, -0.2) is 14.4 Å². The molecule has 0 N–H and O–H groups in total. The lowest BCUT2D eigenvalue weighted by atomic mass is 9.69. The fourth-order valence-electron chi connectivity index (χ4n) is 6.16. The summed E-state index contributed by atoms with van der Waals surface area (Å²) in [5.41, 5.74) is 1.13. The van der Waals surface area contributed by atoms with Gasteiger partial charge in [0.25, 0.3) is 0 Å². The third-order valence-electron chi connectivity index (χ3n) is 8.09. The maximum Gasteiger partial charge on any atom is 0.192 e. The summed E-state index contributed by atoms with van der Waals surface area (Å²) in [6.45, 7) is 19.7. The van der Waals surface area contributed by atoms with Crippen molar-refractivity contribution in [2.24, 2.45) is 28.6 Å². The maximum absolute atomic E-state index is 6.96. The van der Waals surface area contributed by atoms with E-state index in [1.165, 1.54) is 32.1 Å². The maximum atomic E-state index is 6.96. The molecule has 3 aliphatic rings. The van der Waals surface area contributed by atoms with Gasteiger partial charge in [0.15, 0.2) is 8.32 Å². The van der Waals surface area contributed by atoms with Crippen molar-refractivity contribution in [2.75, 3.05) is 0 Å². The number of fused-ring (bicyclic) bond motifs is 3. The van der Waals surface area contributed by atoms with E-state index in [1.54, 1.807) is 0 Å². The van der Waals surface area contributed by atoms with Gasteiger partial charge in [-0.1, -0.05) is 41.5 Å². The standard InChI is InChI=1S/C20H38OSi/c1-18(2,3)22(7,8)21-15-10-9-14-13-20(6)12-11-19(4,5)17(20)16(14)15/h14-17H,9-13H2,1-8H3/t14-,15+,16+,17-,20-/m1/s1. The Hall–Kier alpha value is 0.177. The van der Waals surface area contributed by atoms with E-state index in [-0.39, 0.29) is 0 Å². The minimum atomic E-state index is -1.64. The van der Waals surface area contributed by atoms with E-state index in [0.29, 0.717) is 22.0 Å². The van der Waals surface area contributed by atoms with Gasteiger partial charge < -0.3 is 4.43 Å². The topological polar surface area (TPSA) is 9.23 Å². The molecule has 0 saturated heterocycles. The minimum Gasteiger partial charge on any atom is -0.414 e. The van der Waals surface area contributed by atoms with Crippen molar-refractivity contribution in [3.63, 3.8) is 0 Å². The molecule has 0 aromatic heterocycles. The Morgan fingerprint density at radius 1 is 1.00 bits per heavy atom. The molecule has 5 atom stereocenters.